The zero-order chi connectivity index (χ0) is 21.8. The molecular formula is C24H17N5O3. The summed E-state index contributed by atoms with van der Waals surface area (Å²) in [7, 11) is 0. The molecule has 3 heterocycles. The van der Waals surface area contributed by atoms with E-state index in [4.69, 9.17) is 9.47 Å². The van der Waals surface area contributed by atoms with Gasteiger partial charge in [0.15, 0.2) is 5.82 Å². The lowest BCUT2D eigenvalue weighted by atomic mass is 10.1. The van der Waals surface area contributed by atoms with E-state index in [-0.39, 0.29) is 17.5 Å². The molecule has 0 bridgehead atoms. The largest absolute Gasteiger partial charge is 0.469 e. The van der Waals surface area contributed by atoms with E-state index in [1.54, 1.807) is 36.7 Å². The van der Waals surface area contributed by atoms with Crippen molar-refractivity contribution >= 4 is 16.8 Å². The summed E-state index contributed by atoms with van der Waals surface area (Å²) in [5, 5.41) is 0. The lowest BCUT2D eigenvalue weighted by molar-refractivity contribution is 0.103. The van der Waals surface area contributed by atoms with Crippen LogP contribution in [-0.4, -0.2) is 30.7 Å². The van der Waals surface area contributed by atoms with Crippen LogP contribution in [0.15, 0.2) is 85.5 Å². The Morgan fingerprint density at radius 1 is 0.844 bits per heavy atom. The third-order valence-corrected chi connectivity index (χ3v) is 4.69. The maximum absolute atomic E-state index is 12.8. The zero-order valence-electron chi connectivity index (χ0n) is 16.8. The van der Waals surface area contributed by atoms with Crippen LogP contribution in [0.3, 0.4) is 0 Å². The molecule has 0 radical (unpaired) electrons. The number of imidazole rings is 1. The number of aromatic amines is 1. The van der Waals surface area contributed by atoms with E-state index < -0.39 is 0 Å². The number of ether oxygens (including phenoxy) is 2. The molecule has 8 nitrogen and oxygen atoms in total. The molecule has 156 valence electrons. The maximum atomic E-state index is 12.8. The molecule has 0 saturated heterocycles. The number of hydrogen-bond acceptors (Lipinski definition) is 7. The minimum absolute atomic E-state index is 0.200. The van der Waals surface area contributed by atoms with Gasteiger partial charge >= 0.3 is 0 Å². The van der Waals surface area contributed by atoms with Crippen LogP contribution in [0.2, 0.25) is 0 Å². The Morgan fingerprint density at radius 3 is 2.38 bits per heavy atom. The Labute approximate surface area is 182 Å². The molecule has 0 fully saturated rings. The fourth-order valence-electron chi connectivity index (χ4n) is 3.10. The number of H-pyrrole nitrogens is 1. The van der Waals surface area contributed by atoms with Crippen molar-refractivity contribution in [1.82, 2.24) is 24.9 Å². The van der Waals surface area contributed by atoms with Gasteiger partial charge in [-0.25, -0.2) is 15.0 Å². The van der Waals surface area contributed by atoms with Gasteiger partial charge in [0.25, 0.3) is 11.8 Å². The van der Waals surface area contributed by atoms with E-state index >= 15 is 0 Å². The molecule has 5 aromatic rings. The van der Waals surface area contributed by atoms with Crippen LogP contribution < -0.4 is 9.47 Å². The van der Waals surface area contributed by atoms with Crippen LogP contribution in [0.1, 0.15) is 21.7 Å². The topological polar surface area (TPSA) is 103 Å². The summed E-state index contributed by atoms with van der Waals surface area (Å²) >= 11 is 0. The van der Waals surface area contributed by atoms with Gasteiger partial charge in [0.1, 0.15) is 12.4 Å². The standard InChI is InChI=1S/C24H17N5O3/c30-21(22-28-19-3-1-2-4-20(19)29-22)17-5-7-18(8-6-17)32-24-23(26-13-14-27-24)31-15-16-9-11-25-12-10-16/h1-14H,15H2,(H,28,29). The highest BCUT2D eigenvalue weighted by atomic mass is 16.5. The Balaban J connectivity index is 1.30. The summed E-state index contributed by atoms with van der Waals surface area (Å²) in [6, 6.07) is 18.0. The molecule has 0 aliphatic carbocycles. The van der Waals surface area contributed by atoms with Crippen molar-refractivity contribution in [2.45, 2.75) is 6.61 Å². The minimum atomic E-state index is -0.200. The Kier molecular flexibility index (Phi) is 5.24. The number of benzene rings is 2. The number of hydrogen-bond donors (Lipinski definition) is 1. The van der Waals surface area contributed by atoms with E-state index in [1.807, 2.05) is 36.4 Å². The van der Waals surface area contributed by atoms with Crippen molar-refractivity contribution in [3.63, 3.8) is 0 Å². The number of fused-ring (bicyclic) bond motifs is 1. The van der Waals surface area contributed by atoms with Gasteiger partial charge in [-0.15, -0.1) is 0 Å². The van der Waals surface area contributed by atoms with Gasteiger partial charge in [0.05, 0.1) is 11.0 Å². The van der Waals surface area contributed by atoms with Crippen LogP contribution in [-0.2, 0) is 6.61 Å². The highest BCUT2D eigenvalue weighted by Crippen LogP contribution is 2.28. The summed E-state index contributed by atoms with van der Waals surface area (Å²) in [6.07, 6.45) is 6.44. The predicted molar refractivity (Wildman–Crippen MR) is 117 cm³/mol. The summed E-state index contributed by atoms with van der Waals surface area (Å²) in [5.41, 5.74) is 3.00. The summed E-state index contributed by atoms with van der Waals surface area (Å²) in [5.74, 6) is 1.10. The molecule has 5 rings (SSSR count). The van der Waals surface area contributed by atoms with Crippen LogP contribution in [0.4, 0.5) is 0 Å². The Hall–Kier alpha value is -4.59. The molecule has 2 aromatic carbocycles. The van der Waals surface area contributed by atoms with E-state index in [1.165, 1.54) is 12.4 Å². The zero-order valence-corrected chi connectivity index (χ0v) is 16.8. The molecule has 0 aliphatic heterocycles. The molecular weight excluding hydrogens is 406 g/mol. The third kappa shape index (κ3) is 4.15. The number of rotatable bonds is 7. The Morgan fingerprint density at radius 2 is 1.59 bits per heavy atom. The maximum Gasteiger partial charge on any atom is 0.283 e. The first-order valence-corrected chi connectivity index (χ1v) is 9.86. The second kappa shape index (κ2) is 8.65. The minimum Gasteiger partial charge on any atom is -0.469 e. The van der Waals surface area contributed by atoms with Crippen molar-refractivity contribution in [2.75, 3.05) is 0 Å². The average molecular weight is 423 g/mol. The van der Waals surface area contributed by atoms with Gasteiger partial charge in [0.2, 0.25) is 5.78 Å². The number of ketones is 1. The molecule has 8 heteroatoms. The fraction of sp³-hybridized carbons (Fsp3) is 0.0417. The molecule has 3 aromatic heterocycles. The van der Waals surface area contributed by atoms with Gasteiger partial charge in [-0.1, -0.05) is 12.1 Å². The van der Waals surface area contributed by atoms with Crippen molar-refractivity contribution in [2.24, 2.45) is 0 Å². The molecule has 0 aliphatic rings. The average Bonchev–Trinajstić information content (AvgIpc) is 3.29. The van der Waals surface area contributed by atoms with Crippen LogP contribution in [0.5, 0.6) is 17.5 Å². The molecule has 32 heavy (non-hydrogen) atoms. The molecule has 0 unspecified atom stereocenters. The third-order valence-electron chi connectivity index (χ3n) is 4.69. The van der Waals surface area contributed by atoms with Crippen molar-refractivity contribution in [3.05, 3.63) is 102 Å². The number of nitrogens with zero attached hydrogens (tertiary/aromatic N) is 4. The van der Waals surface area contributed by atoms with E-state index in [0.29, 0.717) is 23.7 Å². The number of pyridine rings is 1. The highest BCUT2D eigenvalue weighted by Gasteiger charge is 2.15. The first-order valence-electron chi connectivity index (χ1n) is 9.86. The molecule has 0 amide bonds. The molecule has 0 spiro atoms. The quantitative estimate of drug-likeness (QED) is 0.388. The van der Waals surface area contributed by atoms with E-state index in [2.05, 4.69) is 24.9 Å². The number of carbonyl (C=O) groups is 1. The summed E-state index contributed by atoms with van der Waals surface area (Å²) < 4.78 is 11.6. The Bertz CT molecular complexity index is 1330. The summed E-state index contributed by atoms with van der Waals surface area (Å²) in [6.45, 7) is 0.308. The second-order valence-electron chi connectivity index (χ2n) is 6.87. The van der Waals surface area contributed by atoms with Gasteiger partial charge in [-0.2, -0.15) is 0 Å². The predicted octanol–water partition coefficient (Wildman–Crippen LogP) is 4.35. The molecule has 1 N–H and O–H groups in total. The van der Waals surface area contributed by atoms with E-state index in [9.17, 15) is 4.79 Å². The number of nitrogens with one attached hydrogen (secondary N) is 1. The van der Waals surface area contributed by atoms with Gasteiger partial charge in [-0.05, 0) is 54.1 Å². The van der Waals surface area contributed by atoms with Crippen molar-refractivity contribution in [3.8, 4) is 17.5 Å². The fourth-order valence-corrected chi connectivity index (χ4v) is 3.10. The smallest absolute Gasteiger partial charge is 0.283 e. The van der Waals surface area contributed by atoms with Gasteiger partial charge in [-0.3, -0.25) is 9.78 Å². The number of para-hydroxylation sites is 2. The number of aromatic nitrogens is 5. The van der Waals surface area contributed by atoms with Crippen molar-refractivity contribution < 1.29 is 14.3 Å². The SMILES string of the molecule is O=C(c1ccc(Oc2nccnc2OCc2ccncc2)cc1)c1nc2ccccc2[nH]1. The molecule has 0 atom stereocenters. The normalized spacial score (nSPS) is 10.8. The summed E-state index contributed by atoms with van der Waals surface area (Å²) in [4.78, 5) is 32.6. The highest BCUT2D eigenvalue weighted by molar-refractivity contribution is 6.08. The van der Waals surface area contributed by atoms with Crippen LogP contribution in [0.25, 0.3) is 11.0 Å². The van der Waals surface area contributed by atoms with Gasteiger partial charge < -0.3 is 14.5 Å². The van der Waals surface area contributed by atoms with Crippen LogP contribution in [0, 0.1) is 0 Å². The van der Waals surface area contributed by atoms with E-state index in [0.717, 1.165) is 16.6 Å². The second-order valence-corrected chi connectivity index (χ2v) is 6.87. The van der Waals surface area contributed by atoms with Gasteiger partial charge in [0, 0.05) is 30.4 Å². The lowest BCUT2D eigenvalue weighted by Gasteiger charge is -2.10. The van der Waals surface area contributed by atoms with Crippen molar-refractivity contribution in [1.29, 1.82) is 0 Å². The van der Waals surface area contributed by atoms with Crippen LogP contribution >= 0.6 is 0 Å². The molecule has 0 saturated carbocycles. The lowest BCUT2D eigenvalue weighted by Crippen LogP contribution is -2.03. The number of carbonyl (C=O) groups excluding carboxylic acids is 1. The first-order chi connectivity index (χ1) is 15.8. The monoisotopic (exact) mass is 423 g/mol. The first kappa shape index (κ1) is 19.4.